The maximum absolute atomic E-state index is 12.3. The summed E-state index contributed by atoms with van der Waals surface area (Å²) in [6.45, 7) is 0. The second-order valence-electron chi connectivity index (χ2n) is 5.66. The van der Waals surface area contributed by atoms with Crippen LogP contribution in [0.3, 0.4) is 0 Å². The highest BCUT2D eigenvalue weighted by Crippen LogP contribution is 2.28. The Balaban J connectivity index is 1.70. The SMILES string of the molecule is COc1ccccc1OC(=O)c1ccc(C(=O)Oc2ccccc2OC)cc1. The largest absolute Gasteiger partial charge is 0.493 e. The zero-order valence-electron chi connectivity index (χ0n) is 15.4. The van der Waals surface area contributed by atoms with Gasteiger partial charge in [-0.05, 0) is 48.5 Å². The standard InChI is InChI=1S/C22H18O6/c1-25-17-7-3-5-9-19(17)27-21(23)15-11-13-16(14-12-15)22(24)28-20-10-6-4-8-18(20)26-2/h3-14H,1-2H3. The van der Waals surface area contributed by atoms with Crippen LogP contribution < -0.4 is 18.9 Å². The van der Waals surface area contributed by atoms with Gasteiger partial charge in [0.2, 0.25) is 0 Å². The number of ether oxygens (including phenoxy) is 4. The number of esters is 2. The molecule has 3 rings (SSSR count). The number of para-hydroxylation sites is 4. The molecule has 28 heavy (non-hydrogen) atoms. The Bertz CT molecular complexity index is 898. The highest BCUT2D eigenvalue weighted by atomic mass is 16.6. The fraction of sp³-hybridized carbons (Fsp3) is 0.0909. The zero-order chi connectivity index (χ0) is 19.9. The average Bonchev–Trinajstić information content (AvgIpc) is 2.74. The van der Waals surface area contributed by atoms with E-state index in [1.165, 1.54) is 38.5 Å². The van der Waals surface area contributed by atoms with Crippen LogP contribution >= 0.6 is 0 Å². The molecule has 0 heterocycles. The minimum atomic E-state index is -0.561. The normalized spacial score (nSPS) is 10.1. The van der Waals surface area contributed by atoms with Gasteiger partial charge < -0.3 is 18.9 Å². The number of methoxy groups -OCH3 is 2. The molecule has 0 spiro atoms. The molecule has 142 valence electrons. The molecule has 0 saturated heterocycles. The monoisotopic (exact) mass is 378 g/mol. The Labute approximate surface area is 162 Å². The molecule has 0 fully saturated rings. The summed E-state index contributed by atoms with van der Waals surface area (Å²) in [5.74, 6) is 0.410. The first-order valence-corrected chi connectivity index (χ1v) is 8.43. The molecule has 0 aromatic heterocycles. The van der Waals surface area contributed by atoms with E-state index in [9.17, 15) is 9.59 Å². The molecule has 6 heteroatoms. The van der Waals surface area contributed by atoms with Crippen molar-refractivity contribution in [2.75, 3.05) is 14.2 Å². The van der Waals surface area contributed by atoms with Gasteiger partial charge in [-0.15, -0.1) is 0 Å². The molecule has 0 aliphatic rings. The van der Waals surface area contributed by atoms with Crippen LogP contribution in [-0.2, 0) is 0 Å². The lowest BCUT2D eigenvalue weighted by Gasteiger charge is -2.10. The number of rotatable bonds is 6. The van der Waals surface area contributed by atoms with Crippen LogP contribution in [0.25, 0.3) is 0 Å². The summed E-state index contributed by atoms with van der Waals surface area (Å²) in [5.41, 5.74) is 0.583. The minimum absolute atomic E-state index is 0.291. The van der Waals surface area contributed by atoms with Crippen LogP contribution in [-0.4, -0.2) is 26.2 Å². The summed E-state index contributed by atoms with van der Waals surface area (Å²) in [6, 6.07) is 19.7. The predicted molar refractivity (Wildman–Crippen MR) is 102 cm³/mol. The van der Waals surface area contributed by atoms with Gasteiger partial charge in [-0.2, -0.15) is 0 Å². The molecule has 0 atom stereocenters. The maximum Gasteiger partial charge on any atom is 0.343 e. The van der Waals surface area contributed by atoms with E-state index in [1.807, 2.05) is 0 Å². The van der Waals surface area contributed by atoms with Gasteiger partial charge >= 0.3 is 11.9 Å². The molecule has 3 aromatic rings. The topological polar surface area (TPSA) is 71.1 Å². The zero-order valence-corrected chi connectivity index (χ0v) is 15.4. The Hall–Kier alpha value is -3.80. The van der Waals surface area contributed by atoms with Gasteiger partial charge in [0, 0.05) is 0 Å². The third-order valence-corrected chi connectivity index (χ3v) is 3.90. The third kappa shape index (κ3) is 4.29. The number of carbonyl (C=O) groups excluding carboxylic acids is 2. The van der Waals surface area contributed by atoms with Crippen LogP contribution in [0.1, 0.15) is 20.7 Å². The van der Waals surface area contributed by atoms with Crippen molar-refractivity contribution in [2.24, 2.45) is 0 Å². The lowest BCUT2D eigenvalue weighted by molar-refractivity contribution is 0.0716. The van der Waals surface area contributed by atoms with Crippen LogP contribution in [0.4, 0.5) is 0 Å². The van der Waals surface area contributed by atoms with Gasteiger partial charge in [-0.25, -0.2) is 9.59 Å². The smallest absolute Gasteiger partial charge is 0.343 e. The molecule has 0 saturated carbocycles. The van der Waals surface area contributed by atoms with Gasteiger partial charge in [0.25, 0.3) is 0 Å². The summed E-state index contributed by atoms with van der Waals surface area (Å²) in [5, 5.41) is 0. The lowest BCUT2D eigenvalue weighted by Crippen LogP contribution is -2.12. The molecule has 3 aromatic carbocycles. The van der Waals surface area contributed by atoms with Gasteiger partial charge in [0.15, 0.2) is 23.0 Å². The van der Waals surface area contributed by atoms with Gasteiger partial charge in [-0.1, -0.05) is 24.3 Å². The van der Waals surface area contributed by atoms with Gasteiger partial charge in [-0.3, -0.25) is 0 Å². The molecule has 0 N–H and O–H groups in total. The fourth-order valence-corrected chi connectivity index (χ4v) is 2.47. The minimum Gasteiger partial charge on any atom is -0.493 e. The second kappa shape index (κ2) is 8.73. The lowest BCUT2D eigenvalue weighted by atomic mass is 10.1. The van der Waals surface area contributed by atoms with E-state index in [4.69, 9.17) is 18.9 Å². The van der Waals surface area contributed by atoms with Crippen LogP contribution in [0.15, 0.2) is 72.8 Å². The first-order valence-electron chi connectivity index (χ1n) is 8.43. The molecular formula is C22H18O6. The van der Waals surface area contributed by atoms with E-state index in [0.29, 0.717) is 34.1 Å². The van der Waals surface area contributed by atoms with Crippen molar-refractivity contribution in [3.8, 4) is 23.0 Å². The molecule has 0 unspecified atom stereocenters. The summed E-state index contributed by atoms with van der Waals surface area (Å²) < 4.78 is 21.0. The summed E-state index contributed by atoms with van der Waals surface area (Å²) in [7, 11) is 2.99. The van der Waals surface area contributed by atoms with E-state index >= 15 is 0 Å². The number of carbonyl (C=O) groups is 2. The first-order chi connectivity index (χ1) is 13.6. The molecular weight excluding hydrogens is 360 g/mol. The molecule has 0 bridgehead atoms. The average molecular weight is 378 g/mol. The Morgan fingerprint density at radius 3 is 1.18 bits per heavy atom. The van der Waals surface area contributed by atoms with Gasteiger partial charge in [0.05, 0.1) is 25.3 Å². The summed E-state index contributed by atoms with van der Waals surface area (Å²) in [6.07, 6.45) is 0. The third-order valence-electron chi connectivity index (χ3n) is 3.90. The van der Waals surface area contributed by atoms with Crippen LogP contribution in [0.2, 0.25) is 0 Å². The van der Waals surface area contributed by atoms with Crippen LogP contribution in [0.5, 0.6) is 23.0 Å². The number of hydrogen-bond donors (Lipinski definition) is 0. The molecule has 0 radical (unpaired) electrons. The van der Waals surface area contributed by atoms with Crippen molar-refractivity contribution < 1.29 is 28.5 Å². The Kier molecular flexibility index (Phi) is 5.91. The first kappa shape index (κ1) is 19.0. The van der Waals surface area contributed by atoms with E-state index in [0.717, 1.165) is 0 Å². The van der Waals surface area contributed by atoms with Crippen molar-refractivity contribution in [3.63, 3.8) is 0 Å². The molecule has 0 aliphatic heterocycles. The van der Waals surface area contributed by atoms with Gasteiger partial charge in [0.1, 0.15) is 0 Å². The summed E-state index contributed by atoms with van der Waals surface area (Å²) >= 11 is 0. The van der Waals surface area contributed by atoms with Crippen molar-refractivity contribution in [1.29, 1.82) is 0 Å². The van der Waals surface area contributed by atoms with E-state index in [1.54, 1.807) is 48.5 Å². The predicted octanol–water partition coefficient (Wildman–Crippen LogP) is 4.14. The quantitative estimate of drug-likeness (QED) is 0.474. The summed E-state index contributed by atoms with van der Waals surface area (Å²) in [4.78, 5) is 24.7. The molecule has 0 aliphatic carbocycles. The van der Waals surface area contributed by atoms with Crippen molar-refractivity contribution in [3.05, 3.63) is 83.9 Å². The Morgan fingerprint density at radius 2 is 0.857 bits per heavy atom. The number of hydrogen-bond acceptors (Lipinski definition) is 6. The molecule has 0 amide bonds. The van der Waals surface area contributed by atoms with Crippen molar-refractivity contribution in [1.82, 2.24) is 0 Å². The number of benzene rings is 3. The maximum atomic E-state index is 12.3. The van der Waals surface area contributed by atoms with E-state index < -0.39 is 11.9 Å². The highest BCUT2D eigenvalue weighted by Gasteiger charge is 2.15. The second-order valence-corrected chi connectivity index (χ2v) is 5.66. The van der Waals surface area contributed by atoms with E-state index in [2.05, 4.69) is 0 Å². The van der Waals surface area contributed by atoms with Crippen molar-refractivity contribution in [2.45, 2.75) is 0 Å². The van der Waals surface area contributed by atoms with Crippen LogP contribution in [0, 0.1) is 0 Å². The Morgan fingerprint density at radius 1 is 0.536 bits per heavy atom. The van der Waals surface area contributed by atoms with Crippen molar-refractivity contribution >= 4 is 11.9 Å². The van der Waals surface area contributed by atoms with E-state index in [-0.39, 0.29) is 0 Å². The highest BCUT2D eigenvalue weighted by molar-refractivity contribution is 5.95. The fourth-order valence-electron chi connectivity index (χ4n) is 2.47. The molecule has 6 nitrogen and oxygen atoms in total.